The summed E-state index contributed by atoms with van der Waals surface area (Å²) in [6.45, 7) is 5.69. The summed E-state index contributed by atoms with van der Waals surface area (Å²) in [4.78, 5) is 4.04. The van der Waals surface area contributed by atoms with E-state index in [4.69, 9.17) is 0 Å². The van der Waals surface area contributed by atoms with Gasteiger partial charge in [0.15, 0.2) is 0 Å². The molecular weight excluding hydrogens is 240 g/mol. The third-order valence-corrected chi connectivity index (χ3v) is 4.30. The maximum atomic E-state index is 3.42. The van der Waals surface area contributed by atoms with Crippen LogP contribution in [0.25, 0.3) is 0 Å². The van der Waals surface area contributed by atoms with Crippen LogP contribution in [0.5, 0.6) is 0 Å². The van der Waals surface area contributed by atoms with Crippen LogP contribution in [0.15, 0.2) is 11.4 Å². The van der Waals surface area contributed by atoms with Gasteiger partial charge in [0.25, 0.3) is 0 Å². The highest BCUT2D eigenvalue weighted by Gasteiger charge is 2.18. The number of nitrogens with one attached hydrogen (secondary N) is 1. The molecule has 0 saturated carbocycles. The molecule has 0 bridgehead atoms. The van der Waals surface area contributed by atoms with Crippen LogP contribution in [0.4, 0.5) is 0 Å². The van der Waals surface area contributed by atoms with E-state index in [0.717, 1.165) is 12.6 Å². The van der Waals surface area contributed by atoms with Gasteiger partial charge in [-0.25, -0.2) is 0 Å². The number of thiophene rings is 1. The summed E-state index contributed by atoms with van der Waals surface area (Å²) in [5.41, 5.74) is 1.45. The molecule has 2 heterocycles. The van der Waals surface area contributed by atoms with Gasteiger partial charge in [0.2, 0.25) is 0 Å². The first kappa shape index (κ1) is 14.0. The van der Waals surface area contributed by atoms with Crippen molar-refractivity contribution in [3.05, 3.63) is 21.9 Å². The number of nitrogens with zero attached hydrogens (tertiary/aromatic N) is 1. The Balaban J connectivity index is 0.00000128. The summed E-state index contributed by atoms with van der Waals surface area (Å²) in [6, 6.07) is 2.99. The molecule has 1 aromatic heterocycles. The van der Waals surface area contributed by atoms with Crippen molar-refractivity contribution in [3.63, 3.8) is 0 Å². The topological polar surface area (TPSA) is 15.3 Å². The zero-order valence-electron chi connectivity index (χ0n) is 10.0. The van der Waals surface area contributed by atoms with Crippen molar-refractivity contribution in [1.82, 2.24) is 10.2 Å². The molecule has 1 fully saturated rings. The first-order chi connectivity index (χ1) is 7.27. The van der Waals surface area contributed by atoms with Crippen LogP contribution in [-0.4, -0.2) is 31.1 Å². The summed E-state index contributed by atoms with van der Waals surface area (Å²) in [6.07, 6.45) is 2.59. The number of rotatable bonds is 3. The first-order valence-electron chi connectivity index (χ1n) is 5.71. The van der Waals surface area contributed by atoms with Crippen LogP contribution in [0.3, 0.4) is 0 Å². The molecule has 1 saturated heterocycles. The van der Waals surface area contributed by atoms with E-state index in [0.29, 0.717) is 0 Å². The predicted molar refractivity (Wildman–Crippen MR) is 73.7 cm³/mol. The Bertz CT molecular complexity index is 308. The Morgan fingerprint density at radius 1 is 1.44 bits per heavy atom. The van der Waals surface area contributed by atoms with Gasteiger partial charge in [-0.05, 0) is 56.9 Å². The van der Waals surface area contributed by atoms with Crippen molar-refractivity contribution < 1.29 is 0 Å². The summed E-state index contributed by atoms with van der Waals surface area (Å²) in [5.74, 6) is 0. The molecule has 1 aromatic rings. The van der Waals surface area contributed by atoms with Crippen molar-refractivity contribution in [1.29, 1.82) is 0 Å². The molecule has 92 valence electrons. The SMILES string of the molecule is Cc1ccsc1CN(C)C1CCNCC1.Cl. The average Bonchev–Trinajstić information content (AvgIpc) is 2.66. The molecule has 4 heteroatoms. The molecule has 1 N–H and O–H groups in total. The Morgan fingerprint density at radius 2 is 2.12 bits per heavy atom. The maximum absolute atomic E-state index is 3.42. The molecule has 0 spiro atoms. The molecule has 1 aliphatic heterocycles. The Kier molecular flexibility index (Phi) is 5.76. The molecule has 0 radical (unpaired) electrons. The molecule has 0 atom stereocenters. The summed E-state index contributed by atoms with van der Waals surface area (Å²) in [5, 5.41) is 5.61. The molecular formula is C12H21ClN2S. The summed E-state index contributed by atoms with van der Waals surface area (Å²) >= 11 is 1.88. The van der Waals surface area contributed by atoms with Crippen molar-refractivity contribution in [2.45, 2.75) is 32.4 Å². The number of aryl methyl sites for hydroxylation is 1. The van der Waals surface area contributed by atoms with Crippen LogP contribution in [-0.2, 0) is 6.54 Å². The molecule has 16 heavy (non-hydrogen) atoms. The van der Waals surface area contributed by atoms with Gasteiger partial charge in [0.1, 0.15) is 0 Å². The normalized spacial score (nSPS) is 17.4. The van der Waals surface area contributed by atoms with Crippen molar-refractivity contribution in [2.24, 2.45) is 0 Å². The van der Waals surface area contributed by atoms with E-state index >= 15 is 0 Å². The Labute approximate surface area is 108 Å². The van der Waals surface area contributed by atoms with E-state index in [1.807, 2.05) is 11.3 Å². The summed E-state index contributed by atoms with van der Waals surface area (Å²) < 4.78 is 0. The zero-order valence-corrected chi connectivity index (χ0v) is 11.7. The van der Waals surface area contributed by atoms with Crippen molar-refractivity contribution in [3.8, 4) is 0 Å². The number of piperidine rings is 1. The lowest BCUT2D eigenvalue weighted by Crippen LogP contribution is -2.40. The minimum absolute atomic E-state index is 0. The van der Waals surface area contributed by atoms with Gasteiger partial charge < -0.3 is 5.32 Å². The second-order valence-corrected chi connectivity index (χ2v) is 5.42. The molecule has 0 amide bonds. The first-order valence-corrected chi connectivity index (χ1v) is 6.59. The van der Waals surface area contributed by atoms with E-state index in [1.165, 1.54) is 36.4 Å². The van der Waals surface area contributed by atoms with Crippen LogP contribution in [0.1, 0.15) is 23.3 Å². The Hall–Kier alpha value is -0.0900. The Morgan fingerprint density at radius 3 is 2.69 bits per heavy atom. The lowest BCUT2D eigenvalue weighted by molar-refractivity contribution is 0.193. The fourth-order valence-corrected chi connectivity index (χ4v) is 3.14. The molecule has 1 aliphatic rings. The summed E-state index contributed by atoms with van der Waals surface area (Å²) in [7, 11) is 2.26. The highest BCUT2D eigenvalue weighted by molar-refractivity contribution is 7.10. The van der Waals surface area contributed by atoms with E-state index in [9.17, 15) is 0 Å². The van der Waals surface area contributed by atoms with Gasteiger partial charge in [-0.2, -0.15) is 0 Å². The van der Waals surface area contributed by atoms with E-state index in [1.54, 1.807) is 0 Å². The third-order valence-electron chi connectivity index (χ3n) is 3.29. The molecule has 0 aliphatic carbocycles. The van der Waals surface area contributed by atoms with Crippen LogP contribution < -0.4 is 5.32 Å². The average molecular weight is 261 g/mol. The van der Waals surface area contributed by atoms with E-state index in [-0.39, 0.29) is 12.4 Å². The highest BCUT2D eigenvalue weighted by atomic mass is 35.5. The van der Waals surface area contributed by atoms with Gasteiger partial charge in [0.05, 0.1) is 0 Å². The monoisotopic (exact) mass is 260 g/mol. The van der Waals surface area contributed by atoms with Gasteiger partial charge in [-0.1, -0.05) is 0 Å². The maximum Gasteiger partial charge on any atom is 0.0330 e. The largest absolute Gasteiger partial charge is 0.317 e. The van der Waals surface area contributed by atoms with Gasteiger partial charge >= 0.3 is 0 Å². The van der Waals surface area contributed by atoms with Crippen LogP contribution >= 0.6 is 23.7 Å². The van der Waals surface area contributed by atoms with Gasteiger partial charge in [-0.15, -0.1) is 23.7 Å². The smallest absolute Gasteiger partial charge is 0.0330 e. The second-order valence-electron chi connectivity index (χ2n) is 4.42. The number of halogens is 1. The van der Waals surface area contributed by atoms with Gasteiger partial charge in [0, 0.05) is 17.5 Å². The minimum Gasteiger partial charge on any atom is -0.317 e. The standard InChI is InChI=1S/C12H20N2S.ClH/c1-10-5-8-15-12(10)9-14(2)11-3-6-13-7-4-11;/h5,8,11,13H,3-4,6-7,9H2,1-2H3;1H. The number of hydrogen-bond acceptors (Lipinski definition) is 3. The fourth-order valence-electron chi connectivity index (χ4n) is 2.17. The molecule has 2 nitrogen and oxygen atoms in total. The third kappa shape index (κ3) is 3.45. The quantitative estimate of drug-likeness (QED) is 0.899. The van der Waals surface area contributed by atoms with E-state index in [2.05, 4.69) is 35.6 Å². The van der Waals surface area contributed by atoms with Crippen LogP contribution in [0.2, 0.25) is 0 Å². The van der Waals surface area contributed by atoms with E-state index < -0.39 is 0 Å². The highest BCUT2D eigenvalue weighted by Crippen LogP contribution is 2.20. The minimum atomic E-state index is 0. The van der Waals surface area contributed by atoms with Gasteiger partial charge in [-0.3, -0.25) is 4.90 Å². The lowest BCUT2D eigenvalue weighted by Gasteiger charge is -2.31. The fraction of sp³-hybridized carbons (Fsp3) is 0.667. The molecule has 0 unspecified atom stereocenters. The van der Waals surface area contributed by atoms with Crippen LogP contribution in [0, 0.1) is 6.92 Å². The zero-order chi connectivity index (χ0) is 10.7. The van der Waals surface area contributed by atoms with Crippen molar-refractivity contribution >= 4 is 23.7 Å². The molecule has 0 aromatic carbocycles. The number of hydrogen-bond donors (Lipinski definition) is 1. The second kappa shape index (κ2) is 6.60. The molecule has 2 rings (SSSR count). The lowest BCUT2D eigenvalue weighted by atomic mass is 10.1. The van der Waals surface area contributed by atoms with Crippen molar-refractivity contribution in [2.75, 3.05) is 20.1 Å². The predicted octanol–water partition coefficient (Wildman–Crippen LogP) is 2.66.